The molecule has 0 aliphatic carbocycles. The number of carboxylic acid groups (broad SMARTS) is 1. The van der Waals surface area contributed by atoms with Crippen molar-refractivity contribution >= 4 is 5.97 Å². The average Bonchev–Trinajstić information content (AvgIpc) is 2.44. The van der Waals surface area contributed by atoms with Gasteiger partial charge < -0.3 is 10.4 Å². The molecule has 0 fully saturated rings. The van der Waals surface area contributed by atoms with Gasteiger partial charge in [-0.3, -0.25) is 9.69 Å². The van der Waals surface area contributed by atoms with Crippen LogP contribution < -0.4 is 5.32 Å². The minimum atomic E-state index is -0.836. The highest BCUT2D eigenvalue weighted by Gasteiger charge is 2.31. The summed E-state index contributed by atoms with van der Waals surface area (Å²) in [6.45, 7) is 4.48. The standard InChI is InChI=1S/C15H22N2O2/c1-15(16-2,14(18)19)8-10-17-9-7-12-5-3-4-6-13(12)11-17/h3-6,16H,7-11H2,1-2H3,(H,18,19). The van der Waals surface area contributed by atoms with Gasteiger partial charge in [0.25, 0.3) is 0 Å². The summed E-state index contributed by atoms with van der Waals surface area (Å²) in [5.74, 6) is -0.785. The smallest absolute Gasteiger partial charge is 0.323 e. The normalized spacial score (nSPS) is 18.6. The molecule has 0 spiro atoms. The number of carboxylic acids is 1. The molecule has 4 nitrogen and oxygen atoms in total. The van der Waals surface area contributed by atoms with Crippen LogP contribution in [0.1, 0.15) is 24.5 Å². The van der Waals surface area contributed by atoms with Gasteiger partial charge in [0.2, 0.25) is 0 Å². The van der Waals surface area contributed by atoms with Gasteiger partial charge in [-0.15, -0.1) is 0 Å². The minimum Gasteiger partial charge on any atom is -0.480 e. The Kier molecular flexibility index (Phi) is 4.22. The van der Waals surface area contributed by atoms with E-state index in [9.17, 15) is 9.90 Å². The molecule has 1 aromatic rings. The van der Waals surface area contributed by atoms with Crippen molar-refractivity contribution in [3.63, 3.8) is 0 Å². The number of likely N-dealkylation sites (N-methyl/N-ethyl adjacent to an activating group) is 1. The Balaban J connectivity index is 1.94. The molecule has 104 valence electrons. The number of aliphatic carboxylic acids is 1. The first-order chi connectivity index (χ1) is 9.05. The van der Waals surface area contributed by atoms with Gasteiger partial charge in [-0.25, -0.2) is 0 Å². The summed E-state index contributed by atoms with van der Waals surface area (Å²) in [6.07, 6.45) is 1.67. The molecule has 0 amide bonds. The number of hydrogen-bond donors (Lipinski definition) is 2. The zero-order valence-corrected chi connectivity index (χ0v) is 11.6. The zero-order chi connectivity index (χ0) is 13.9. The van der Waals surface area contributed by atoms with E-state index < -0.39 is 11.5 Å². The molecule has 0 radical (unpaired) electrons. The topological polar surface area (TPSA) is 52.6 Å². The van der Waals surface area contributed by atoms with Crippen LogP contribution in [0.4, 0.5) is 0 Å². The first-order valence-corrected chi connectivity index (χ1v) is 6.76. The van der Waals surface area contributed by atoms with Gasteiger partial charge in [0, 0.05) is 19.6 Å². The van der Waals surface area contributed by atoms with Crippen LogP contribution in [-0.4, -0.2) is 41.7 Å². The SMILES string of the molecule is CNC(C)(CCN1CCc2ccccc2C1)C(=O)O. The Morgan fingerprint density at radius 2 is 2.11 bits per heavy atom. The second-order valence-corrected chi connectivity index (χ2v) is 5.43. The van der Waals surface area contributed by atoms with Crippen LogP contribution in [0.2, 0.25) is 0 Å². The molecule has 1 aliphatic rings. The summed E-state index contributed by atoms with van der Waals surface area (Å²) in [4.78, 5) is 13.6. The van der Waals surface area contributed by atoms with Crippen molar-refractivity contribution in [3.05, 3.63) is 35.4 Å². The summed E-state index contributed by atoms with van der Waals surface area (Å²) in [5.41, 5.74) is 1.96. The van der Waals surface area contributed by atoms with E-state index in [1.165, 1.54) is 11.1 Å². The second kappa shape index (κ2) is 5.72. The maximum atomic E-state index is 11.2. The van der Waals surface area contributed by atoms with Crippen LogP contribution in [0.25, 0.3) is 0 Å². The third-order valence-electron chi connectivity index (χ3n) is 4.16. The van der Waals surface area contributed by atoms with Gasteiger partial charge in [0.15, 0.2) is 0 Å². The van der Waals surface area contributed by atoms with Crippen molar-refractivity contribution < 1.29 is 9.90 Å². The first kappa shape index (κ1) is 14.0. The van der Waals surface area contributed by atoms with Gasteiger partial charge in [-0.1, -0.05) is 24.3 Å². The monoisotopic (exact) mass is 262 g/mol. The fourth-order valence-corrected chi connectivity index (χ4v) is 2.47. The van der Waals surface area contributed by atoms with E-state index in [1.807, 2.05) is 0 Å². The number of carbonyl (C=O) groups is 1. The van der Waals surface area contributed by atoms with Crippen molar-refractivity contribution in [3.8, 4) is 0 Å². The van der Waals surface area contributed by atoms with E-state index in [1.54, 1.807) is 14.0 Å². The fourth-order valence-electron chi connectivity index (χ4n) is 2.47. The summed E-state index contributed by atoms with van der Waals surface area (Å²) in [6, 6.07) is 8.49. The molecule has 0 aromatic heterocycles. The van der Waals surface area contributed by atoms with Gasteiger partial charge >= 0.3 is 5.97 Å². The number of fused-ring (bicyclic) bond motifs is 1. The highest BCUT2D eigenvalue weighted by molar-refractivity contribution is 5.78. The van der Waals surface area contributed by atoms with E-state index in [0.29, 0.717) is 6.42 Å². The lowest BCUT2D eigenvalue weighted by Gasteiger charge is -2.32. The number of hydrogen-bond acceptors (Lipinski definition) is 3. The van der Waals surface area contributed by atoms with E-state index >= 15 is 0 Å². The van der Waals surface area contributed by atoms with Crippen molar-refractivity contribution in [2.24, 2.45) is 0 Å². The molecule has 0 saturated carbocycles. The Morgan fingerprint density at radius 1 is 1.42 bits per heavy atom. The highest BCUT2D eigenvalue weighted by atomic mass is 16.4. The van der Waals surface area contributed by atoms with E-state index in [0.717, 1.165) is 26.1 Å². The van der Waals surface area contributed by atoms with Gasteiger partial charge in [-0.05, 0) is 37.9 Å². The molecule has 1 atom stereocenters. The van der Waals surface area contributed by atoms with Crippen molar-refractivity contribution in [2.75, 3.05) is 20.1 Å². The molecular formula is C15H22N2O2. The number of nitrogens with zero attached hydrogens (tertiary/aromatic N) is 1. The van der Waals surface area contributed by atoms with Gasteiger partial charge in [0.1, 0.15) is 5.54 Å². The van der Waals surface area contributed by atoms with E-state index in [4.69, 9.17) is 0 Å². The Hall–Kier alpha value is -1.39. The molecule has 19 heavy (non-hydrogen) atoms. The van der Waals surface area contributed by atoms with Gasteiger partial charge in [0.05, 0.1) is 0 Å². The maximum absolute atomic E-state index is 11.2. The molecule has 1 aromatic carbocycles. The van der Waals surface area contributed by atoms with Crippen molar-refractivity contribution in [1.82, 2.24) is 10.2 Å². The predicted molar refractivity (Wildman–Crippen MR) is 75.1 cm³/mol. The predicted octanol–water partition coefficient (Wildman–Crippen LogP) is 1.50. The van der Waals surface area contributed by atoms with Crippen molar-refractivity contribution in [1.29, 1.82) is 0 Å². The fraction of sp³-hybridized carbons (Fsp3) is 0.533. The molecule has 0 bridgehead atoms. The Labute approximate surface area is 114 Å². The Morgan fingerprint density at radius 3 is 2.74 bits per heavy atom. The lowest BCUT2D eigenvalue weighted by atomic mass is 9.96. The molecular weight excluding hydrogens is 240 g/mol. The third kappa shape index (κ3) is 3.14. The zero-order valence-electron chi connectivity index (χ0n) is 11.6. The summed E-state index contributed by atoms with van der Waals surface area (Å²) < 4.78 is 0. The number of benzene rings is 1. The van der Waals surface area contributed by atoms with Crippen LogP contribution in [0.3, 0.4) is 0 Å². The molecule has 1 heterocycles. The quantitative estimate of drug-likeness (QED) is 0.844. The van der Waals surface area contributed by atoms with Crippen LogP contribution in [-0.2, 0) is 17.8 Å². The lowest BCUT2D eigenvalue weighted by Crippen LogP contribution is -2.50. The van der Waals surface area contributed by atoms with Crippen LogP contribution in [0.5, 0.6) is 0 Å². The molecule has 2 N–H and O–H groups in total. The van der Waals surface area contributed by atoms with E-state index in [2.05, 4.69) is 34.5 Å². The Bertz CT molecular complexity index is 461. The van der Waals surface area contributed by atoms with Crippen molar-refractivity contribution in [2.45, 2.75) is 31.8 Å². The van der Waals surface area contributed by atoms with Crippen LogP contribution in [0, 0.1) is 0 Å². The average molecular weight is 262 g/mol. The third-order valence-corrected chi connectivity index (χ3v) is 4.16. The van der Waals surface area contributed by atoms with Gasteiger partial charge in [-0.2, -0.15) is 0 Å². The molecule has 2 rings (SSSR count). The molecule has 0 saturated heterocycles. The van der Waals surface area contributed by atoms with Crippen LogP contribution >= 0.6 is 0 Å². The minimum absolute atomic E-state index is 0.612. The number of nitrogens with one attached hydrogen (secondary N) is 1. The first-order valence-electron chi connectivity index (χ1n) is 6.76. The highest BCUT2D eigenvalue weighted by Crippen LogP contribution is 2.20. The summed E-state index contributed by atoms with van der Waals surface area (Å²) in [7, 11) is 1.71. The molecule has 1 aliphatic heterocycles. The number of rotatable bonds is 5. The second-order valence-electron chi connectivity index (χ2n) is 5.43. The maximum Gasteiger partial charge on any atom is 0.323 e. The molecule has 4 heteroatoms. The summed E-state index contributed by atoms with van der Waals surface area (Å²) in [5, 5.41) is 12.1. The van der Waals surface area contributed by atoms with Crippen LogP contribution in [0.15, 0.2) is 24.3 Å². The van der Waals surface area contributed by atoms with E-state index in [-0.39, 0.29) is 0 Å². The summed E-state index contributed by atoms with van der Waals surface area (Å²) >= 11 is 0. The largest absolute Gasteiger partial charge is 0.480 e. The lowest BCUT2D eigenvalue weighted by molar-refractivity contribution is -0.144. The molecule has 1 unspecified atom stereocenters.